The Labute approximate surface area is 166 Å². The van der Waals surface area contributed by atoms with Crippen LogP contribution in [0.4, 0.5) is 0 Å². The third kappa shape index (κ3) is 6.26. The first-order chi connectivity index (χ1) is 13.1. The van der Waals surface area contributed by atoms with Crippen molar-refractivity contribution in [2.45, 2.75) is 52.1 Å². The number of piperazine rings is 1. The first-order valence-corrected chi connectivity index (χ1v) is 11.3. The molecule has 3 rings (SSSR count). The van der Waals surface area contributed by atoms with Gasteiger partial charge >= 0.3 is 0 Å². The molecule has 1 fully saturated rings. The van der Waals surface area contributed by atoms with Crippen LogP contribution < -0.4 is 15.1 Å². The number of aromatic nitrogens is 1. The lowest BCUT2D eigenvalue weighted by Gasteiger charge is -2.29. The maximum Gasteiger partial charge on any atom is 0.275 e. The van der Waals surface area contributed by atoms with Crippen molar-refractivity contribution in [3.63, 3.8) is 0 Å². The number of hydrogen-bond acceptors (Lipinski definition) is 3. The van der Waals surface area contributed by atoms with E-state index >= 15 is 0 Å². The molecule has 1 aromatic carbocycles. The average Bonchev–Trinajstić information content (AvgIpc) is 3.05. The highest BCUT2D eigenvalue weighted by Crippen LogP contribution is 2.20. The summed E-state index contributed by atoms with van der Waals surface area (Å²) in [5.74, 6) is 0.212. The van der Waals surface area contributed by atoms with Crippen LogP contribution >= 0.6 is 11.3 Å². The van der Waals surface area contributed by atoms with Gasteiger partial charge in [-0.3, -0.25) is 4.79 Å². The molecule has 1 aliphatic heterocycles. The van der Waals surface area contributed by atoms with Gasteiger partial charge in [0.2, 0.25) is 0 Å². The van der Waals surface area contributed by atoms with Gasteiger partial charge in [0, 0.05) is 6.04 Å². The molecule has 0 spiro atoms. The van der Waals surface area contributed by atoms with Crippen molar-refractivity contribution < 1.29 is 14.6 Å². The molecule has 0 aliphatic carbocycles. The highest BCUT2D eigenvalue weighted by Gasteiger charge is 2.26. The van der Waals surface area contributed by atoms with Crippen molar-refractivity contribution in [3.05, 3.63) is 29.3 Å². The summed E-state index contributed by atoms with van der Waals surface area (Å²) in [6.45, 7) is 10.3. The lowest BCUT2D eigenvalue weighted by Crippen LogP contribution is -3.28. The summed E-state index contributed by atoms with van der Waals surface area (Å²) >= 11 is 1.81. The third-order valence-electron chi connectivity index (χ3n) is 5.46. The van der Waals surface area contributed by atoms with Crippen LogP contribution in [-0.4, -0.2) is 49.7 Å². The SMILES string of the molecule is CCCCC[C@@H](C)NC(=O)C[NH+]1CC[NH+](Cc2nc3ccccc3s2)CC1. The van der Waals surface area contributed by atoms with Gasteiger partial charge in [0.05, 0.1) is 10.2 Å². The van der Waals surface area contributed by atoms with Gasteiger partial charge in [-0.05, 0) is 25.5 Å². The smallest absolute Gasteiger partial charge is 0.275 e. The maximum atomic E-state index is 12.3. The van der Waals surface area contributed by atoms with E-state index in [-0.39, 0.29) is 5.91 Å². The van der Waals surface area contributed by atoms with Gasteiger partial charge < -0.3 is 15.1 Å². The summed E-state index contributed by atoms with van der Waals surface area (Å²) in [5, 5.41) is 4.41. The predicted molar refractivity (Wildman–Crippen MR) is 111 cm³/mol. The first-order valence-electron chi connectivity index (χ1n) is 10.4. The molecule has 1 amide bonds. The lowest BCUT2D eigenvalue weighted by atomic mass is 10.1. The summed E-state index contributed by atoms with van der Waals surface area (Å²) in [6.07, 6.45) is 4.78. The fraction of sp³-hybridized carbons (Fsp3) is 0.619. The number of thiazole rings is 1. The van der Waals surface area contributed by atoms with Crippen LogP contribution in [0.5, 0.6) is 0 Å². The minimum atomic E-state index is 0.212. The number of carbonyl (C=O) groups is 1. The molecule has 0 saturated carbocycles. The van der Waals surface area contributed by atoms with Gasteiger partial charge in [0.25, 0.3) is 5.91 Å². The number of amides is 1. The van der Waals surface area contributed by atoms with E-state index in [4.69, 9.17) is 4.98 Å². The molecule has 0 bridgehead atoms. The van der Waals surface area contributed by atoms with Gasteiger partial charge in [0.1, 0.15) is 37.7 Å². The van der Waals surface area contributed by atoms with Gasteiger partial charge in [-0.2, -0.15) is 0 Å². The maximum absolute atomic E-state index is 12.3. The van der Waals surface area contributed by atoms with Crippen molar-refractivity contribution in [1.29, 1.82) is 0 Å². The van der Waals surface area contributed by atoms with E-state index in [1.807, 2.05) is 11.3 Å². The number of nitrogens with one attached hydrogen (secondary N) is 3. The fourth-order valence-electron chi connectivity index (χ4n) is 3.85. The molecule has 1 atom stereocenters. The first kappa shape index (κ1) is 20.2. The molecule has 0 radical (unpaired) electrons. The zero-order chi connectivity index (χ0) is 19.1. The van der Waals surface area contributed by atoms with Crippen LogP contribution in [0.1, 0.15) is 44.5 Å². The number of rotatable bonds is 9. The number of benzene rings is 1. The third-order valence-corrected chi connectivity index (χ3v) is 6.50. The predicted octanol–water partition coefficient (Wildman–Crippen LogP) is 0.665. The molecule has 6 heteroatoms. The zero-order valence-electron chi connectivity index (χ0n) is 16.7. The van der Waals surface area contributed by atoms with Crippen LogP contribution in [0.2, 0.25) is 0 Å². The van der Waals surface area contributed by atoms with Crippen LogP contribution in [0, 0.1) is 0 Å². The van der Waals surface area contributed by atoms with Gasteiger partial charge in [-0.25, -0.2) is 4.98 Å². The van der Waals surface area contributed by atoms with Crippen LogP contribution in [0.15, 0.2) is 24.3 Å². The molecule has 2 heterocycles. The molecule has 2 aromatic rings. The molecule has 148 valence electrons. The Morgan fingerprint density at radius 3 is 2.67 bits per heavy atom. The number of hydrogen-bond donors (Lipinski definition) is 3. The minimum absolute atomic E-state index is 0.212. The highest BCUT2D eigenvalue weighted by atomic mass is 32.1. The minimum Gasteiger partial charge on any atom is -0.349 e. The molecule has 1 saturated heterocycles. The highest BCUT2D eigenvalue weighted by molar-refractivity contribution is 7.18. The molecule has 1 aromatic heterocycles. The lowest BCUT2D eigenvalue weighted by molar-refractivity contribution is -1.02. The van der Waals surface area contributed by atoms with E-state index < -0.39 is 0 Å². The van der Waals surface area contributed by atoms with E-state index in [9.17, 15) is 4.79 Å². The molecular formula is C21H34N4OS+2. The number of unbranched alkanes of at least 4 members (excludes halogenated alkanes) is 2. The summed E-state index contributed by atoms with van der Waals surface area (Å²) < 4.78 is 1.28. The van der Waals surface area contributed by atoms with E-state index in [2.05, 4.69) is 43.4 Å². The van der Waals surface area contributed by atoms with Gasteiger partial charge in [0.15, 0.2) is 6.54 Å². The van der Waals surface area contributed by atoms with E-state index in [1.165, 1.54) is 33.9 Å². The van der Waals surface area contributed by atoms with Crippen molar-refractivity contribution >= 4 is 27.5 Å². The second kappa shape index (κ2) is 10.2. The van der Waals surface area contributed by atoms with E-state index in [0.717, 1.165) is 44.7 Å². The molecule has 0 unspecified atom stereocenters. The number of para-hydroxylation sites is 1. The summed E-state index contributed by atoms with van der Waals surface area (Å²) in [6, 6.07) is 8.67. The Hall–Kier alpha value is -1.50. The summed E-state index contributed by atoms with van der Waals surface area (Å²) in [4.78, 5) is 20.1. The number of nitrogens with zero attached hydrogens (tertiary/aromatic N) is 1. The number of fused-ring (bicyclic) bond motifs is 1. The molecule has 1 aliphatic rings. The van der Waals surface area contributed by atoms with Crippen molar-refractivity contribution in [2.24, 2.45) is 0 Å². The van der Waals surface area contributed by atoms with Crippen molar-refractivity contribution in [2.75, 3.05) is 32.7 Å². The van der Waals surface area contributed by atoms with Gasteiger partial charge in [-0.1, -0.05) is 38.3 Å². The quantitative estimate of drug-likeness (QED) is 0.551. The van der Waals surface area contributed by atoms with Crippen molar-refractivity contribution in [3.8, 4) is 0 Å². The topological polar surface area (TPSA) is 50.9 Å². The van der Waals surface area contributed by atoms with Crippen LogP contribution in [0.25, 0.3) is 10.2 Å². The zero-order valence-corrected chi connectivity index (χ0v) is 17.5. The largest absolute Gasteiger partial charge is 0.349 e. The number of carbonyl (C=O) groups excluding carboxylic acids is 1. The Bertz CT molecular complexity index is 691. The Balaban J connectivity index is 1.37. The second-order valence-electron chi connectivity index (χ2n) is 7.89. The second-order valence-corrected chi connectivity index (χ2v) is 9.01. The Morgan fingerprint density at radius 1 is 1.19 bits per heavy atom. The summed E-state index contributed by atoms with van der Waals surface area (Å²) in [7, 11) is 0. The van der Waals surface area contributed by atoms with Gasteiger partial charge in [-0.15, -0.1) is 11.3 Å². The fourth-order valence-corrected chi connectivity index (χ4v) is 4.88. The normalized spacial score (nSPS) is 21.3. The summed E-state index contributed by atoms with van der Waals surface area (Å²) in [5.41, 5.74) is 1.12. The molecule has 3 N–H and O–H groups in total. The Morgan fingerprint density at radius 2 is 1.93 bits per heavy atom. The van der Waals surface area contributed by atoms with Crippen LogP contribution in [0.3, 0.4) is 0 Å². The van der Waals surface area contributed by atoms with Crippen LogP contribution in [-0.2, 0) is 11.3 Å². The van der Waals surface area contributed by atoms with E-state index in [0.29, 0.717) is 12.6 Å². The van der Waals surface area contributed by atoms with Crippen molar-refractivity contribution in [1.82, 2.24) is 10.3 Å². The molecular weight excluding hydrogens is 356 g/mol. The standard InChI is InChI=1S/C21H32N4OS/c1-3-4-5-8-17(2)22-20(26)15-24-11-13-25(14-12-24)16-21-23-18-9-6-7-10-19(18)27-21/h6-7,9-10,17H,3-5,8,11-16H2,1-2H3,(H,22,26)/p+2/t17-/m1/s1. The monoisotopic (exact) mass is 390 g/mol. The molecule has 5 nitrogen and oxygen atoms in total. The van der Waals surface area contributed by atoms with E-state index in [1.54, 1.807) is 4.90 Å². The molecule has 27 heavy (non-hydrogen) atoms. The number of quaternary nitrogens is 2. The average molecular weight is 391 g/mol. The Kier molecular flexibility index (Phi) is 7.61.